The maximum atomic E-state index is 14.9. The lowest BCUT2D eigenvalue weighted by molar-refractivity contribution is -0.143. The highest BCUT2D eigenvalue weighted by Gasteiger charge is 2.36. The molecule has 0 saturated carbocycles. The van der Waals surface area contributed by atoms with Gasteiger partial charge in [0.25, 0.3) is 0 Å². The van der Waals surface area contributed by atoms with Gasteiger partial charge in [0.15, 0.2) is 0 Å². The van der Waals surface area contributed by atoms with Gasteiger partial charge in [0.2, 0.25) is 29.5 Å². The lowest BCUT2D eigenvalue weighted by Gasteiger charge is -2.33. The first kappa shape index (κ1) is 43.5. The number of nitrogens with two attached hydrogens (primary N) is 2. The van der Waals surface area contributed by atoms with E-state index < -0.39 is 47.8 Å². The Morgan fingerprint density at radius 2 is 1.18 bits per heavy atom. The van der Waals surface area contributed by atoms with Crippen molar-refractivity contribution in [3.05, 3.63) is 132 Å². The monoisotopic (exact) mass is 811 g/mol. The second-order valence-electron chi connectivity index (χ2n) is 15.8. The molecule has 0 bridgehead atoms. The van der Waals surface area contributed by atoms with E-state index in [9.17, 15) is 24.0 Å². The molecule has 0 aromatic heterocycles. The molecule has 0 aliphatic carbocycles. The average Bonchev–Trinajstić information content (AvgIpc) is 3.27. The van der Waals surface area contributed by atoms with Crippen LogP contribution >= 0.6 is 0 Å². The Kier molecular flexibility index (Phi) is 15.4. The molecular formula is C48H57N7O5. The zero-order valence-corrected chi connectivity index (χ0v) is 34.3. The average molecular weight is 812 g/mol. The number of nitrogens with one attached hydrogen (secondary N) is 4. The van der Waals surface area contributed by atoms with Gasteiger partial charge in [-0.05, 0) is 90.0 Å². The summed E-state index contributed by atoms with van der Waals surface area (Å²) in [5, 5.41) is 16.2. The molecule has 1 saturated heterocycles. The summed E-state index contributed by atoms with van der Waals surface area (Å²) in [5.41, 5.74) is 13.8. The first-order chi connectivity index (χ1) is 29.1. The van der Waals surface area contributed by atoms with Gasteiger partial charge in [-0.2, -0.15) is 0 Å². The second-order valence-corrected chi connectivity index (χ2v) is 15.8. The summed E-state index contributed by atoms with van der Waals surface area (Å²) in [5.74, 6) is -2.72. The number of carbonyl (C=O) groups is 5. The van der Waals surface area contributed by atoms with Gasteiger partial charge >= 0.3 is 0 Å². The predicted octanol–water partition coefficient (Wildman–Crippen LogP) is 3.92. The molecule has 5 aromatic rings. The summed E-state index contributed by atoms with van der Waals surface area (Å²) in [6, 6.07) is 32.8. The number of likely N-dealkylation sites (N-methyl/N-ethyl adjacent to an activating group) is 1. The number of nitrogens with zero attached hydrogens (tertiary/aromatic N) is 1. The largest absolute Gasteiger partial charge is 0.368 e. The maximum absolute atomic E-state index is 14.9. The van der Waals surface area contributed by atoms with Crippen LogP contribution in [0.3, 0.4) is 0 Å². The van der Waals surface area contributed by atoms with E-state index in [0.717, 1.165) is 38.2 Å². The van der Waals surface area contributed by atoms with Crippen molar-refractivity contribution in [2.24, 2.45) is 17.4 Å². The third-order valence-electron chi connectivity index (χ3n) is 11.5. The lowest BCUT2D eigenvalue weighted by atomic mass is 9.95. The minimum absolute atomic E-state index is 0.115. The molecule has 1 heterocycles. The molecular weight excluding hydrogens is 755 g/mol. The van der Waals surface area contributed by atoms with Crippen LogP contribution in [0.25, 0.3) is 21.5 Å². The zero-order valence-electron chi connectivity index (χ0n) is 34.3. The van der Waals surface area contributed by atoms with E-state index in [1.54, 1.807) is 7.05 Å². The molecule has 6 rings (SSSR count). The third-order valence-corrected chi connectivity index (χ3v) is 11.5. The summed E-state index contributed by atoms with van der Waals surface area (Å²) in [6.45, 7) is 1.85. The molecule has 1 fully saturated rings. The lowest BCUT2D eigenvalue weighted by Crippen LogP contribution is -2.59. The van der Waals surface area contributed by atoms with Crippen molar-refractivity contribution in [1.29, 1.82) is 0 Å². The Morgan fingerprint density at radius 1 is 0.633 bits per heavy atom. The molecule has 5 amide bonds. The minimum atomic E-state index is -1.12. The number of rotatable bonds is 19. The highest BCUT2D eigenvalue weighted by Crippen LogP contribution is 2.22. The number of benzene rings is 5. The molecule has 1 aliphatic rings. The molecule has 12 heteroatoms. The fourth-order valence-corrected chi connectivity index (χ4v) is 7.95. The van der Waals surface area contributed by atoms with Crippen molar-refractivity contribution in [3.63, 3.8) is 0 Å². The van der Waals surface area contributed by atoms with Crippen LogP contribution in [0.2, 0.25) is 0 Å². The normalized spacial score (nSPS) is 15.0. The van der Waals surface area contributed by atoms with Gasteiger partial charge in [-0.3, -0.25) is 24.0 Å². The first-order valence-corrected chi connectivity index (χ1v) is 21.0. The van der Waals surface area contributed by atoms with Crippen LogP contribution < -0.4 is 32.7 Å². The smallest absolute Gasteiger partial charge is 0.245 e. The summed E-state index contributed by atoms with van der Waals surface area (Å²) in [4.78, 5) is 71.4. The number of carbonyl (C=O) groups excluding carboxylic acids is 5. The van der Waals surface area contributed by atoms with E-state index >= 15 is 0 Å². The van der Waals surface area contributed by atoms with E-state index in [-0.39, 0.29) is 31.1 Å². The molecule has 0 radical (unpaired) electrons. The fraction of sp³-hybridized carbons (Fsp3) is 0.354. The van der Waals surface area contributed by atoms with Crippen molar-refractivity contribution in [1.82, 2.24) is 26.2 Å². The topological polar surface area (TPSA) is 189 Å². The quantitative estimate of drug-likeness (QED) is 0.0682. The number of fused-ring (bicyclic) bond motifs is 2. The molecule has 4 unspecified atom stereocenters. The Labute approximate surface area is 351 Å². The predicted molar refractivity (Wildman–Crippen MR) is 235 cm³/mol. The van der Waals surface area contributed by atoms with Crippen LogP contribution in [0.1, 0.15) is 48.8 Å². The van der Waals surface area contributed by atoms with E-state index in [0.29, 0.717) is 51.7 Å². The number of unbranched alkanes of at least 4 members (excludes halogenated alkanes) is 1. The molecule has 1 aliphatic heterocycles. The highest BCUT2D eigenvalue weighted by molar-refractivity contribution is 5.96. The molecule has 5 aromatic carbocycles. The Hall–Kier alpha value is -6.11. The molecule has 0 spiro atoms. The molecule has 8 N–H and O–H groups in total. The molecule has 60 heavy (non-hydrogen) atoms. The van der Waals surface area contributed by atoms with Gasteiger partial charge in [0.1, 0.15) is 24.2 Å². The molecule has 314 valence electrons. The Morgan fingerprint density at radius 3 is 1.78 bits per heavy atom. The van der Waals surface area contributed by atoms with Crippen molar-refractivity contribution in [2.75, 3.05) is 26.7 Å². The van der Waals surface area contributed by atoms with Gasteiger partial charge in [-0.15, -0.1) is 0 Å². The number of primary amides is 1. The third kappa shape index (κ3) is 11.8. The van der Waals surface area contributed by atoms with E-state index in [1.165, 1.54) is 4.90 Å². The van der Waals surface area contributed by atoms with E-state index in [2.05, 4.69) is 21.3 Å². The van der Waals surface area contributed by atoms with Gasteiger partial charge in [-0.25, -0.2) is 0 Å². The summed E-state index contributed by atoms with van der Waals surface area (Å²) in [7, 11) is 1.57. The van der Waals surface area contributed by atoms with Crippen molar-refractivity contribution >= 4 is 51.1 Å². The van der Waals surface area contributed by atoms with Gasteiger partial charge in [-0.1, -0.05) is 115 Å². The maximum Gasteiger partial charge on any atom is 0.245 e. The Balaban J connectivity index is 1.32. The van der Waals surface area contributed by atoms with Gasteiger partial charge < -0.3 is 37.6 Å². The van der Waals surface area contributed by atoms with Crippen molar-refractivity contribution in [2.45, 2.75) is 75.5 Å². The van der Waals surface area contributed by atoms with E-state index in [1.807, 2.05) is 115 Å². The van der Waals surface area contributed by atoms with Crippen LogP contribution in [0.15, 0.2) is 115 Å². The van der Waals surface area contributed by atoms with Crippen molar-refractivity contribution in [3.8, 4) is 0 Å². The van der Waals surface area contributed by atoms with Crippen LogP contribution in [-0.4, -0.2) is 85.3 Å². The van der Waals surface area contributed by atoms with Crippen LogP contribution in [0, 0.1) is 5.92 Å². The molecule has 4 atom stereocenters. The number of amides is 5. The van der Waals surface area contributed by atoms with Crippen LogP contribution in [0.4, 0.5) is 0 Å². The molecule has 12 nitrogen and oxygen atoms in total. The Bertz CT molecular complexity index is 2260. The number of piperidine rings is 1. The summed E-state index contributed by atoms with van der Waals surface area (Å²) >= 11 is 0. The number of hydrogen-bond donors (Lipinski definition) is 6. The van der Waals surface area contributed by atoms with Gasteiger partial charge in [0, 0.05) is 32.2 Å². The van der Waals surface area contributed by atoms with Crippen molar-refractivity contribution < 1.29 is 24.0 Å². The summed E-state index contributed by atoms with van der Waals surface area (Å²) in [6.07, 6.45) is 3.27. The standard InChI is InChI=1S/C48H57N7O5/c1-55(48(60)42(54-45(57)37-22-25-51-26-23-37)30-33-18-20-35-13-5-7-15-38(35)27-33)43(31-34-19-21-36-14-6-8-16-39(36)28-34)47(59)53-41(29-32-11-3-2-4-12-32)46(58)52-40(44(50)56)17-9-10-24-49/h2-8,11-16,18-21,27-28,37,40-43,51H,9-10,17,22-26,29-31,49H2,1H3,(H2,50,56)(H,52,58)(H,53,59)(H,54,57). The highest BCUT2D eigenvalue weighted by atomic mass is 16.2. The van der Waals surface area contributed by atoms with Crippen LogP contribution in [-0.2, 0) is 43.2 Å². The minimum Gasteiger partial charge on any atom is -0.368 e. The van der Waals surface area contributed by atoms with Crippen LogP contribution in [0.5, 0.6) is 0 Å². The number of hydrogen-bond acceptors (Lipinski definition) is 7. The fourth-order valence-electron chi connectivity index (χ4n) is 7.95. The SMILES string of the molecule is CN(C(=O)C(Cc1ccc2ccccc2c1)NC(=O)C1CCNCC1)C(Cc1ccc2ccccc2c1)C(=O)NC(Cc1ccccc1)C(=O)NC(CCCCN)C(N)=O. The zero-order chi connectivity index (χ0) is 42.4. The van der Waals surface area contributed by atoms with E-state index in [4.69, 9.17) is 11.5 Å². The summed E-state index contributed by atoms with van der Waals surface area (Å²) < 4.78 is 0. The second kappa shape index (κ2) is 21.2. The first-order valence-electron chi connectivity index (χ1n) is 21.0. The van der Waals surface area contributed by atoms with Gasteiger partial charge in [0.05, 0.1) is 0 Å².